The van der Waals surface area contributed by atoms with E-state index in [1.54, 1.807) is 0 Å². The number of nitrogens with one attached hydrogen (secondary N) is 1. The van der Waals surface area contributed by atoms with Crippen molar-refractivity contribution in [3.63, 3.8) is 0 Å². The largest absolute Gasteiger partial charge is 0.397 e. The Kier molecular flexibility index (Phi) is 5.47. The van der Waals surface area contributed by atoms with Crippen molar-refractivity contribution in [3.05, 3.63) is 10.9 Å². The van der Waals surface area contributed by atoms with Gasteiger partial charge in [-0.25, -0.2) is 0 Å². The zero-order valence-corrected chi connectivity index (χ0v) is 13.6. The maximum Gasteiger partial charge on any atom is 0.263 e. The van der Waals surface area contributed by atoms with Gasteiger partial charge in [0.2, 0.25) is 0 Å². The van der Waals surface area contributed by atoms with Crippen LogP contribution < -0.4 is 16.0 Å². The van der Waals surface area contributed by atoms with Gasteiger partial charge in [0.05, 0.1) is 16.8 Å². The Hall–Kier alpha value is -1.27. The highest BCUT2D eigenvalue weighted by Gasteiger charge is 2.25. The molecule has 0 bridgehead atoms. The summed E-state index contributed by atoms with van der Waals surface area (Å²) in [6.45, 7) is 6.37. The SMILES string of the molecule is CCCNC(=O)c1sc(N2CCC(C(C)O)CC2)cc1N. The number of amides is 1. The third kappa shape index (κ3) is 3.89. The molecule has 1 aromatic rings. The molecule has 1 atom stereocenters. The van der Waals surface area contributed by atoms with Crippen molar-refractivity contribution in [1.29, 1.82) is 0 Å². The number of carbonyl (C=O) groups is 1. The molecule has 5 nitrogen and oxygen atoms in total. The van der Waals surface area contributed by atoms with Gasteiger partial charge in [0.15, 0.2) is 0 Å². The van der Waals surface area contributed by atoms with Crippen LogP contribution >= 0.6 is 11.3 Å². The van der Waals surface area contributed by atoms with E-state index in [9.17, 15) is 9.90 Å². The number of hydrogen-bond acceptors (Lipinski definition) is 5. The maximum atomic E-state index is 12.0. The predicted molar refractivity (Wildman–Crippen MR) is 88.0 cm³/mol. The molecule has 0 saturated carbocycles. The monoisotopic (exact) mass is 311 g/mol. The molecule has 1 aromatic heterocycles. The van der Waals surface area contributed by atoms with Crippen LogP contribution in [0.15, 0.2) is 6.07 Å². The van der Waals surface area contributed by atoms with Crippen LogP contribution in [0.25, 0.3) is 0 Å². The molecule has 21 heavy (non-hydrogen) atoms. The quantitative estimate of drug-likeness (QED) is 0.778. The first-order chi connectivity index (χ1) is 10.0. The fourth-order valence-corrected chi connectivity index (χ4v) is 3.69. The summed E-state index contributed by atoms with van der Waals surface area (Å²) in [4.78, 5) is 14.9. The molecule has 1 aliphatic heterocycles. The molecule has 0 radical (unpaired) electrons. The smallest absolute Gasteiger partial charge is 0.263 e. The van der Waals surface area contributed by atoms with E-state index in [0.29, 0.717) is 23.0 Å². The predicted octanol–water partition coefficient (Wildman–Crippen LogP) is 2.07. The molecule has 2 rings (SSSR count). The second kappa shape index (κ2) is 7.13. The molecule has 1 fully saturated rings. The maximum absolute atomic E-state index is 12.0. The highest BCUT2D eigenvalue weighted by atomic mass is 32.1. The summed E-state index contributed by atoms with van der Waals surface area (Å²) in [6.07, 6.45) is 2.63. The molecule has 0 aromatic carbocycles. The lowest BCUT2D eigenvalue weighted by molar-refractivity contribution is 0.0958. The first kappa shape index (κ1) is 16.1. The van der Waals surface area contributed by atoms with Gasteiger partial charge in [-0.15, -0.1) is 11.3 Å². The van der Waals surface area contributed by atoms with Crippen molar-refractivity contribution < 1.29 is 9.90 Å². The second-order valence-corrected chi connectivity index (χ2v) is 6.72. The van der Waals surface area contributed by atoms with Crippen molar-refractivity contribution in [2.24, 2.45) is 5.92 Å². The molecule has 118 valence electrons. The molecule has 1 unspecified atom stereocenters. The Morgan fingerprint density at radius 2 is 2.24 bits per heavy atom. The number of hydrogen-bond donors (Lipinski definition) is 3. The van der Waals surface area contributed by atoms with Crippen LogP contribution in [0.1, 0.15) is 42.8 Å². The number of aliphatic hydroxyl groups excluding tert-OH is 1. The van der Waals surface area contributed by atoms with Gasteiger partial charge in [-0.05, 0) is 38.2 Å². The molecule has 1 aliphatic rings. The third-order valence-corrected chi connectivity index (χ3v) is 5.23. The van der Waals surface area contributed by atoms with Crippen LogP contribution in [0, 0.1) is 5.92 Å². The van der Waals surface area contributed by atoms with Gasteiger partial charge in [-0.3, -0.25) is 4.79 Å². The van der Waals surface area contributed by atoms with Gasteiger partial charge in [0, 0.05) is 19.6 Å². The number of nitrogen functional groups attached to an aromatic ring is 1. The number of nitrogens with two attached hydrogens (primary N) is 1. The second-order valence-electron chi connectivity index (χ2n) is 5.69. The molecule has 1 amide bonds. The first-order valence-corrected chi connectivity index (χ1v) is 8.45. The molecule has 6 heteroatoms. The van der Waals surface area contributed by atoms with Crippen molar-refractivity contribution in [2.45, 2.75) is 39.2 Å². The van der Waals surface area contributed by atoms with E-state index in [2.05, 4.69) is 10.2 Å². The van der Waals surface area contributed by atoms with E-state index >= 15 is 0 Å². The summed E-state index contributed by atoms with van der Waals surface area (Å²) >= 11 is 1.46. The number of anilines is 2. The zero-order valence-electron chi connectivity index (χ0n) is 12.8. The fourth-order valence-electron chi connectivity index (χ4n) is 2.65. The van der Waals surface area contributed by atoms with Crippen LogP contribution in [0.4, 0.5) is 10.7 Å². The average Bonchev–Trinajstić information content (AvgIpc) is 2.87. The van der Waals surface area contributed by atoms with E-state index in [1.165, 1.54) is 11.3 Å². The van der Waals surface area contributed by atoms with E-state index in [-0.39, 0.29) is 12.0 Å². The van der Waals surface area contributed by atoms with Gasteiger partial charge in [0.25, 0.3) is 5.91 Å². The fraction of sp³-hybridized carbons (Fsp3) is 0.667. The summed E-state index contributed by atoms with van der Waals surface area (Å²) in [5.74, 6) is 0.301. The van der Waals surface area contributed by atoms with Crippen LogP contribution in [-0.4, -0.2) is 36.8 Å². The van der Waals surface area contributed by atoms with E-state index in [1.807, 2.05) is 19.9 Å². The Morgan fingerprint density at radius 1 is 1.57 bits per heavy atom. The highest BCUT2D eigenvalue weighted by Crippen LogP contribution is 2.34. The molecule has 0 spiro atoms. The lowest BCUT2D eigenvalue weighted by Crippen LogP contribution is -2.36. The Balaban J connectivity index is 2.01. The number of thiophene rings is 1. The number of carbonyl (C=O) groups excluding carboxylic acids is 1. The van der Waals surface area contributed by atoms with Gasteiger partial charge in [-0.2, -0.15) is 0 Å². The van der Waals surface area contributed by atoms with Gasteiger partial charge in [0.1, 0.15) is 4.88 Å². The molecular formula is C15H25N3O2S. The zero-order chi connectivity index (χ0) is 15.4. The van der Waals surface area contributed by atoms with Gasteiger partial charge < -0.3 is 21.1 Å². The number of rotatable bonds is 5. The van der Waals surface area contributed by atoms with Crippen LogP contribution in [0.2, 0.25) is 0 Å². The molecular weight excluding hydrogens is 286 g/mol. The van der Waals surface area contributed by atoms with Crippen molar-refractivity contribution in [2.75, 3.05) is 30.3 Å². The lowest BCUT2D eigenvalue weighted by Gasteiger charge is -2.33. The number of aliphatic hydroxyl groups is 1. The molecule has 4 N–H and O–H groups in total. The standard InChI is InChI=1S/C15H25N3O2S/c1-3-6-17-15(20)14-12(16)9-13(21-14)18-7-4-11(5-8-18)10(2)19/h9-11,19H,3-8,16H2,1-2H3,(H,17,20). The third-order valence-electron chi connectivity index (χ3n) is 4.02. The van der Waals surface area contributed by atoms with Crippen LogP contribution in [-0.2, 0) is 0 Å². The summed E-state index contributed by atoms with van der Waals surface area (Å²) in [5.41, 5.74) is 6.54. The van der Waals surface area contributed by atoms with Crippen molar-refractivity contribution in [1.82, 2.24) is 5.32 Å². The first-order valence-electron chi connectivity index (χ1n) is 7.63. The Morgan fingerprint density at radius 3 is 2.81 bits per heavy atom. The van der Waals surface area contributed by atoms with Crippen LogP contribution in [0.3, 0.4) is 0 Å². The van der Waals surface area contributed by atoms with Gasteiger partial charge >= 0.3 is 0 Å². The average molecular weight is 311 g/mol. The van der Waals surface area contributed by atoms with Crippen molar-refractivity contribution >= 4 is 27.9 Å². The Bertz CT molecular complexity index is 479. The summed E-state index contributed by atoms with van der Waals surface area (Å²) in [6, 6.07) is 1.90. The van der Waals surface area contributed by atoms with E-state index in [0.717, 1.165) is 37.4 Å². The number of nitrogens with zero attached hydrogens (tertiary/aromatic N) is 1. The summed E-state index contributed by atoms with van der Waals surface area (Å²) in [7, 11) is 0. The van der Waals surface area contributed by atoms with E-state index in [4.69, 9.17) is 5.73 Å². The summed E-state index contributed by atoms with van der Waals surface area (Å²) < 4.78 is 0. The van der Waals surface area contributed by atoms with Crippen molar-refractivity contribution in [3.8, 4) is 0 Å². The molecule has 1 saturated heterocycles. The lowest BCUT2D eigenvalue weighted by atomic mass is 9.92. The number of piperidine rings is 1. The highest BCUT2D eigenvalue weighted by molar-refractivity contribution is 7.18. The minimum atomic E-state index is -0.240. The normalized spacial score (nSPS) is 17.8. The molecule has 0 aliphatic carbocycles. The minimum Gasteiger partial charge on any atom is -0.397 e. The van der Waals surface area contributed by atoms with Gasteiger partial charge in [-0.1, -0.05) is 6.92 Å². The molecule has 2 heterocycles. The topological polar surface area (TPSA) is 78.6 Å². The van der Waals surface area contributed by atoms with E-state index < -0.39 is 0 Å². The Labute approximate surface area is 130 Å². The summed E-state index contributed by atoms with van der Waals surface area (Å²) in [5, 5.41) is 13.6. The van der Waals surface area contributed by atoms with Crippen LogP contribution in [0.5, 0.6) is 0 Å². The minimum absolute atomic E-state index is 0.0792.